The zero-order valence-electron chi connectivity index (χ0n) is 8.58. The Morgan fingerprint density at radius 3 is 3.00 bits per heavy atom. The van der Waals surface area contributed by atoms with Gasteiger partial charge in [0.2, 0.25) is 0 Å². The van der Waals surface area contributed by atoms with Crippen molar-refractivity contribution in [2.75, 3.05) is 5.32 Å². The van der Waals surface area contributed by atoms with Gasteiger partial charge in [0.1, 0.15) is 5.82 Å². The summed E-state index contributed by atoms with van der Waals surface area (Å²) in [6.45, 7) is 1.98. The first-order valence-corrected chi connectivity index (χ1v) is 6.44. The highest BCUT2D eigenvalue weighted by Gasteiger charge is 2.09. The Labute approximate surface area is 106 Å². The fraction of sp³-hybridized carbons (Fsp3) is 0.182. The van der Waals surface area contributed by atoms with Crippen molar-refractivity contribution in [1.29, 1.82) is 0 Å². The van der Waals surface area contributed by atoms with Gasteiger partial charge in [-0.3, -0.25) is 4.98 Å². The molecule has 0 aliphatic heterocycles. The van der Waals surface area contributed by atoms with Crippen LogP contribution < -0.4 is 5.32 Å². The van der Waals surface area contributed by atoms with Crippen LogP contribution in [-0.2, 0) is 0 Å². The first kappa shape index (κ1) is 11.5. The monoisotopic (exact) mass is 300 g/mol. The molecule has 16 heavy (non-hydrogen) atoms. The van der Waals surface area contributed by atoms with E-state index >= 15 is 0 Å². The number of benzene rings is 1. The van der Waals surface area contributed by atoms with E-state index in [1.165, 1.54) is 6.07 Å². The molecule has 5 heteroatoms. The molecule has 0 aliphatic rings. The minimum absolute atomic E-state index is 0.0521. The summed E-state index contributed by atoms with van der Waals surface area (Å²) in [5.74, 6) is -0.250. The van der Waals surface area contributed by atoms with Gasteiger partial charge in [0.15, 0.2) is 0 Å². The lowest BCUT2D eigenvalue weighted by Gasteiger charge is -2.14. The number of hydrogen-bond acceptors (Lipinski definition) is 3. The van der Waals surface area contributed by atoms with Gasteiger partial charge < -0.3 is 5.32 Å². The molecule has 2 aromatic rings. The van der Waals surface area contributed by atoms with Crippen LogP contribution in [0.3, 0.4) is 0 Å². The topological polar surface area (TPSA) is 24.9 Å². The lowest BCUT2D eigenvalue weighted by Crippen LogP contribution is -2.06. The third-order valence-electron chi connectivity index (χ3n) is 2.18. The van der Waals surface area contributed by atoms with E-state index < -0.39 is 0 Å². The van der Waals surface area contributed by atoms with Crippen molar-refractivity contribution in [3.05, 3.63) is 45.1 Å². The zero-order chi connectivity index (χ0) is 11.5. The van der Waals surface area contributed by atoms with Crippen LogP contribution in [0.25, 0.3) is 0 Å². The number of nitrogens with zero attached hydrogens (tertiary/aromatic N) is 1. The molecule has 1 unspecified atom stereocenters. The summed E-state index contributed by atoms with van der Waals surface area (Å²) < 4.78 is 14.3. The lowest BCUT2D eigenvalue weighted by molar-refractivity contribution is 0.627. The number of hydrogen-bond donors (Lipinski definition) is 1. The summed E-state index contributed by atoms with van der Waals surface area (Å²) in [5.41, 5.74) is 2.26. The summed E-state index contributed by atoms with van der Waals surface area (Å²) in [7, 11) is 0. The summed E-state index contributed by atoms with van der Waals surface area (Å²) in [6, 6.07) is 4.90. The quantitative estimate of drug-likeness (QED) is 0.918. The van der Waals surface area contributed by atoms with E-state index in [1.54, 1.807) is 35.2 Å². The summed E-state index contributed by atoms with van der Waals surface area (Å²) >= 11 is 4.87. The fourth-order valence-electron chi connectivity index (χ4n) is 1.35. The van der Waals surface area contributed by atoms with Crippen LogP contribution in [0.1, 0.15) is 17.8 Å². The van der Waals surface area contributed by atoms with Crippen molar-refractivity contribution in [2.24, 2.45) is 0 Å². The summed E-state index contributed by atoms with van der Waals surface area (Å²) in [6.07, 6.45) is 1.79. The Kier molecular flexibility index (Phi) is 3.56. The molecule has 0 bridgehead atoms. The van der Waals surface area contributed by atoms with Gasteiger partial charge in [-0.15, -0.1) is 11.3 Å². The van der Waals surface area contributed by atoms with Gasteiger partial charge in [0.05, 0.1) is 17.2 Å². The van der Waals surface area contributed by atoms with E-state index in [9.17, 15) is 4.39 Å². The standard InChI is InChI=1S/C11H10BrFN2S/c1-7(11-5-14-6-16-11)15-10-4-8(12)2-3-9(10)13/h2-7,15H,1H3. The SMILES string of the molecule is CC(Nc1cc(Br)ccc1F)c1cncs1. The van der Waals surface area contributed by atoms with Crippen molar-refractivity contribution in [2.45, 2.75) is 13.0 Å². The smallest absolute Gasteiger partial charge is 0.146 e. The minimum atomic E-state index is -0.250. The van der Waals surface area contributed by atoms with Gasteiger partial charge in [-0.25, -0.2) is 4.39 Å². The maximum Gasteiger partial charge on any atom is 0.146 e. The number of anilines is 1. The summed E-state index contributed by atoms with van der Waals surface area (Å²) in [4.78, 5) is 5.08. The van der Waals surface area contributed by atoms with E-state index in [0.29, 0.717) is 5.69 Å². The minimum Gasteiger partial charge on any atom is -0.375 e. The van der Waals surface area contributed by atoms with Crippen LogP contribution in [0.4, 0.5) is 10.1 Å². The number of nitrogens with one attached hydrogen (secondary N) is 1. The van der Waals surface area contributed by atoms with E-state index in [1.807, 2.05) is 6.92 Å². The van der Waals surface area contributed by atoms with Gasteiger partial charge in [-0.1, -0.05) is 15.9 Å². The Bertz CT molecular complexity index is 473. The molecule has 0 amide bonds. The van der Waals surface area contributed by atoms with Crippen LogP contribution >= 0.6 is 27.3 Å². The van der Waals surface area contributed by atoms with Crippen molar-refractivity contribution in [3.8, 4) is 0 Å². The van der Waals surface area contributed by atoms with Gasteiger partial charge in [-0.2, -0.15) is 0 Å². The lowest BCUT2D eigenvalue weighted by atomic mass is 10.2. The highest BCUT2D eigenvalue weighted by molar-refractivity contribution is 9.10. The van der Waals surface area contributed by atoms with E-state index in [0.717, 1.165) is 9.35 Å². The molecule has 1 heterocycles. The molecule has 84 valence electrons. The highest BCUT2D eigenvalue weighted by atomic mass is 79.9. The maximum absolute atomic E-state index is 13.5. The molecular weight excluding hydrogens is 291 g/mol. The summed E-state index contributed by atoms with van der Waals surface area (Å²) in [5, 5.41) is 3.12. The van der Waals surface area contributed by atoms with E-state index in [-0.39, 0.29) is 11.9 Å². The molecule has 2 rings (SSSR count). The number of halogens is 2. The predicted molar refractivity (Wildman–Crippen MR) is 68.3 cm³/mol. The molecule has 2 nitrogen and oxygen atoms in total. The molecule has 1 aromatic carbocycles. The van der Waals surface area contributed by atoms with Gasteiger partial charge >= 0.3 is 0 Å². The third-order valence-corrected chi connectivity index (χ3v) is 3.63. The predicted octanol–water partition coefficient (Wildman–Crippen LogP) is 4.22. The average Bonchev–Trinajstić information content (AvgIpc) is 2.76. The van der Waals surface area contributed by atoms with Crippen LogP contribution in [0, 0.1) is 5.82 Å². The second-order valence-electron chi connectivity index (χ2n) is 3.39. The molecule has 1 aromatic heterocycles. The van der Waals surface area contributed by atoms with Gasteiger partial charge in [-0.05, 0) is 25.1 Å². The largest absolute Gasteiger partial charge is 0.375 e. The number of thiazole rings is 1. The van der Waals surface area contributed by atoms with E-state index in [2.05, 4.69) is 26.2 Å². The third kappa shape index (κ3) is 2.59. The van der Waals surface area contributed by atoms with Crippen molar-refractivity contribution in [3.63, 3.8) is 0 Å². The molecule has 1 atom stereocenters. The number of aromatic nitrogens is 1. The molecule has 0 radical (unpaired) electrons. The molecule has 0 spiro atoms. The van der Waals surface area contributed by atoms with E-state index in [4.69, 9.17) is 0 Å². The molecule has 0 saturated carbocycles. The first-order valence-electron chi connectivity index (χ1n) is 4.77. The number of rotatable bonds is 3. The van der Waals surface area contributed by atoms with Crippen LogP contribution in [0.15, 0.2) is 34.4 Å². The van der Waals surface area contributed by atoms with Crippen molar-refractivity contribution in [1.82, 2.24) is 4.98 Å². The van der Waals surface area contributed by atoms with Crippen molar-refractivity contribution < 1.29 is 4.39 Å². The van der Waals surface area contributed by atoms with Gasteiger partial charge in [0.25, 0.3) is 0 Å². The molecule has 0 saturated heterocycles. The average molecular weight is 301 g/mol. The first-order chi connectivity index (χ1) is 7.66. The van der Waals surface area contributed by atoms with Crippen LogP contribution in [0.5, 0.6) is 0 Å². The highest BCUT2D eigenvalue weighted by Crippen LogP contribution is 2.26. The molecule has 0 aliphatic carbocycles. The van der Waals surface area contributed by atoms with Crippen molar-refractivity contribution >= 4 is 33.0 Å². The molecular formula is C11H10BrFN2S. The Morgan fingerprint density at radius 2 is 2.31 bits per heavy atom. The van der Waals surface area contributed by atoms with Crippen LogP contribution in [-0.4, -0.2) is 4.98 Å². The Balaban J connectivity index is 2.17. The second-order valence-corrected chi connectivity index (χ2v) is 5.23. The fourth-order valence-corrected chi connectivity index (χ4v) is 2.34. The Morgan fingerprint density at radius 1 is 1.50 bits per heavy atom. The molecule has 1 N–H and O–H groups in total. The van der Waals surface area contributed by atoms with Crippen LogP contribution in [0.2, 0.25) is 0 Å². The maximum atomic E-state index is 13.5. The second kappa shape index (κ2) is 4.93. The molecule has 0 fully saturated rings. The Hall–Kier alpha value is -0.940. The normalized spacial score (nSPS) is 12.4. The zero-order valence-corrected chi connectivity index (χ0v) is 11.0. The van der Waals surface area contributed by atoms with Gasteiger partial charge in [0, 0.05) is 15.5 Å².